The molecule has 0 spiro atoms. The third-order valence-electron chi connectivity index (χ3n) is 4.66. The largest absolute Gasteiger partial charge is 0.356 e. The van der Waals surface area contributed by atoms with Crippen molar-refractivity contribution in [2.24, 2.45) is 4.99 Å². The number of rotatable bonds is 7. The van der Waals surface area contributed by atoms with Gasteiger partial charge in [0.05, 0.1) is 11.5 Å². The fourth-order valence-electron chi connectivity index (χ4n) is 3.16. The molecule has 0 amide bonds. The molecular formula is C20H25N5O2. The van der Waals surface area contributed by atoms with Gasteiger partial charge in [-0.2, -0.15) is 0 Å². The number of hydrogen-bond acceptors (Lipinski definition) is 4. The van der Waals surface area contributed by atoms with Gasteiger partial charge in [-0.15, -0.1) is 0 Å². The lowest BCUT2D eigenvalue weighted by atomic mass is 10.2. The Morgan fingerprint density at radius 2 is 1.96 bits per heavy atom. The highest BCUT2D eigenvalue weighted by molar-refractivity contribution is 5.80. The first kappa shape index (κ1) is 18.8. The van der Waals surface area contributed by atoms with Crippen molar-refractivity contribution in [1.82, 2.24) is 15.6 Å². The summed E-state index contributed by atoms with van der Waals surface area (Å²) >= 11 is 0. The van der Waals surface area contributed by atoms with E-state index in [1.165, 1.54) is 37.8 Å². The molecule has 1 fully saturated rings. The van der Waals surface area contributed by atoms with E-state index in [4.69, 9.17) is 0 Å². The number of aromatic nitrogens is 1. The molecule has 27 heavy (non-hydrogen) atoms. The SMILES string of the molecule is O=[N+]([O-])c1ccc(CN=C(NCCc2ccccn2)NC2CCCC2)cc1. The molecule has 1 aliphatic carbocycles. The molecule has 142 valence electrons. The maximum atomic E-state index is 10.8. The number of guanidine groups is 1. The van der Waals surface area contributed by atoms with Gasteiger partial charge in [0.15, 0.2) is 5.96 Å². The minimum absolute atomic E-state index is 0.0977. The van der Waals surface area contributed by atoms with Crippen molar-refractivity contribution in [3.05, 3.63) is 70.0 Å². The van der Waals surface area contributed by atoms with E-state index in [0.29, 0.717) is 12.6 Å². The third kappa shape index (κ3) is 6.06. The first-order chi connectivity index (χ1) is 13.2. The molecule has 0 aliphatic heterocycles. The second-order valence-corrected chi connectivity index (χ2v) is 6.71. The minimum atomic E-state index is -0.390. The van der Waals surface area contributed by atoms with Gasteiger partial charge in [0.2, 0.25) is 0 Å². The number of nitrogens with zero attached hydrogens (tertiary/aromatic N) is 3. The van der Waals surface area contributed by atoms with Crippen LogP contribution in [0.15, 0.2) is 53.7 Å². The predicted molar refractivity (Wildman–Crippen MR) is 106 cm³/mol. The second-order valence-electron chi connectivity index (χ2n) is 6.71. The Morgan fingerprint density at radius 3 is 2.63 bits per heavy atom. The molecule has 1 aromatic carbocycles. The van der Waals surface area contributed by atoms with Gasteiger partial charge in [-0.3, -0.25) is 15.1 Å². The third-order valence-corrected chi connectivity index (χ3v) is 4.66. The van der Waals surface area contributed by atoms with Crippen LogP contribution in [-0.2, 0) is 13.0 Å². The summed E-state index contributed by atoms with van der Waals surface area (Å²) in [5.41, 5.74) is 2.08. The lowest BCUT2D eigenvalue weighted by molar-refractivity contribution is -0.384. The second kappa shape index (κ2) is 9.66. The zero-order valence-electron chi connectivity index (χ0n) is 15.3. The van der Waals surface area contributed by atoms with Crippen LogP contribution in [0.2, 0.25) is 0 Å². The Kier molecular flexibility index (Phi) is 6.73. The van der Waals surface area contributed by atoms with Crippen molar-refractivity contribution in [2.45, 2.75) is 44.7 Å². The van der Waals surface area contributed by atoms with Crippen molar-refractivity contribution < 1.29 is 4.92 Å². The van der Waals surface area contributed by atoms with Crippen molar-refractivity contribution in [3.8, 4) is 0 Å². The number of non-ortho nitro benzene ring substituents is 1. The topological polar surface area (TPSA) is 92.5 Å². The van der Waals surface area contributed by atoms with Gasteiger partial charge in [0.1, 0.15) is 0 Å². The number of nitro groups is 1. The standard InChI is InChI=1S/C20H25N5O2/c26-25(27)19-10-8-16(9-11-19)15-23-20(24-18-6-1-2-7-18)22-14-12-17-5-3-4-13-21-17/h3-5,8-11,13,18H,1-2,6-7,12,14-15H2,(H2,22,23,24). The maximum absolute atomic E-state index is 10.8. The quantitative estimate of drug-likeness (QED) is 0.339. The van der Waals surface area contributed by atoms with Gasteiger partial charge in [-0.1, -0.05) is 31.0 Å². The van der Waals surface area contributed by atoms with Crippen LogP contribution in [-0.4, -0.2) is 28.5 Å². The van der Waals surface area contributed by atoms with Gasteiger partial charge in [0, 0.05) is 43.0 Å². The molecule has 0 unspecified atom stereocenters. The van der Waals surface area contributed by atoms with Gasteiger partial charge in [-0.25, -0.2) is 4.99 Å². The normalized spacial score (nSPS) is 14.9. The highest BCUT2D eigenvalue weighted by atomic mass is 16.6. The van der Waals surface area contributed by atoms with Crippen LogP contribution >= 0.6 is 0 Å². The zero-order chi connectivity index (χ0) is 18.9. The fourth-order valence-corrected chi connectivity index (χ4v) is 3.16. The molecule has 1 aromatic heterocycles. The van der Waals surface area contributed by atoms with Crippen molar-refractivity contribution >= 4 is 11.6 Å². The van der Waals surface area contributed by atoms with Crippen LogP contribution in [0.25, 0.3) is 0 Å². The summed E-state index contributed by atoms with van der Waals surface area (Å²) < 4.78 is 0. The zero-order valence-corrected chi connectivity index (χ0v) is 15.3. The molecule has 1 aliphatic rings. The number of aliphatic imine (C=N–C) groups is 1. The molecule has 0 atom stereocenters. The van der Waals surface area contributed by atoms with Crippen LogP contribution < -0.4 is 10.6 Å². The number of pyridine rings is 1. The molecule has 2 N–H and O–H groups in total. The summed E-state index contributed by atoms with van der Waals surface area (Å²) in [5.74, 6) is 0.788. The lowest BCUT2D eigenvalue weighted by Gasteiger charge is -2.17. The Hall–Kier alpha value is -2.96. The molecule has 0 radical (unpaired) electrons. The van der Waals surface area contributed by atoms with Gasteiger partial charge < -0.3 is 10.6 Å². The average molecular weight is 367 g/mol. The summed E-state index contributed by atoms with van der Waals surface area (Å²) in [6.45, 7) is 1.22. The Balaban J connectivity index is 1.59. The van der Waals surface area contributed by atoms with Crippen LogP contribution in [0.4, 0.5) is 5.69 Å². The molecule has 0 saturated heterocycles. The summed E-state index contributed by atoms with van der Waals surface area (Å²) in [4.78, 5) is 19.4. The molecule has 2 aromatic rings. The van der Waals surface area contributed by atoms with Gasteiger partial charge >= 0.3 is 0 Å². The Morgan fingerprint density at radius 1 is 1.19 bits per heavy atom. The Labute approximate surface area is 159 Å². The molecule has 7 heteroatoms. The molecular weight excluding hydrogens is 342 g/mol. The highest BCUT2D eigenvalue weighted by Crippen LogP contribution is 2.17. The van der Waals surface area contributed by atoms with E-state index in [0.717, 1.165) is 30.2 Å². The summed E-state index contributed by atoms with van der Waals surface area (Å²) in [7, 11) is 0. The fraction of sp³-hybridized carbons (Fsp3) is 0.400. The van der Waals surface area contributed by atoms with E-state index in [1.807, 2.05) is 18.2 Å². The highest BCUT2D eigenvalue weighted by Gasteiger charge is 2.16. The molecule has 7 nitrogen and oxygen atoms in total. The average Bonchev–Trinajstić information content (AvgIpc) is 3.20. The van der Waals surface area contributed by atoms with Gasteiger partial charge in [0.25, 0.3) is 5.69 Å². The van der Waals surface area contributed by atoms with E-state index >= 15 is 0 Å². The van der Waals surface area contributed by atoms with Crippen molar-refractivity contribution in [3.63, 3.8) is 0 Å². The van der Waals surface area contributed by atoms with Crippen molar-refractivity contribution in [1.29, 1.82) is 0 Å². The molecule has 1 saturated carbocycles. The van der Waals surface area contributed by atoms with Crippen LogP contribution in [0.1, 0.15) is 36.9 Å². The smallest absolute Gasteiger partial charge is 0.269 e. The first-order valence-corrected chi connectivity index (χ1v) is 9.39. The lowest BCUT2D eigenvalue weighted by Crippen LogP contribution is -2.43. The van der Waals surface area contributed by atoms with Gasteiger partial charge in [-0.05, 0) is 30.5 Å². The first-order valence-electron chi connectivity index (χ1n) is 9.39. The monoisotopic (exact) mass is 367 g/mol. The predicted octanol–water partition coefficient (Wildman–Crippen LogP) is 3.21. The van der Waals surface area contributed by atoms with E-state index in [1.54, 1.807) is 18.3 Å². The minimum Gasteiger partial charge on any atom is -0.356 e. The van der Waals surface area contributed by atoms with E-state index < -0.39 is 0 Å². The number of nitro benzene ring substituents is 1. The van der Waals surface area contributed by atoms with Crippen LogP contribution in [0.3, 0.4) is 0 Å². The molecule has 1 heterocycles. The van der Waals surface area contributed by atoms with Crippen LogP contribution in [0, 0.1) is 10.1 Å². The number of hydrogen-bond donors (Lipinski definition) is 2. The maximum Gasteiger partial charge on any atom is 0.269 e. The number of nitrogens with one attached hydrogen (secondary N) is 2. The van der Waals surface area contributed by atoms with E-state index in [2.05, 4.69) is 20.6 Å². The van der Waals surface area contributed by atoms with E-state index in [9.17, 15) is 10.1 Å². The number of benzene rings is 1. The van der Waals surface area contributed by atoms with E-state index in [-0.39, 0.29) is 10.6 Å². The van der Waals surface area contributed by atoms with Crippen LogP contribution in [0.5, 0.6) is 0 Å². The molecule has 3 rings (SSSR count). The summed E-state index contributed by atoms with van der Waals surface area (Å²) in [6.07, 6.45) is 7.46. The Bertz CT molecular complexity index is 756. The summed E-state index contributed by atoms with van der Waals surface area (Å²) in [6, 6.07) is 12.9. The molecule has 0 bridgehead atoms. The summed E-state index contributed by atoms with van der Waals surface area (Å²) in [5, 5.41) is 17.7. The van der Waals surface area contributed by atoms with Crippen molar-refractivity contribution in [2.75, 3.05) is 6.54 Å².